The van der Waals surface area contributed by atoms with Gasteiger partial charge in [-0.1, -0.05) is 66.8 Å². The van der Waals surface area contributed by atoms with E-state index in [-0.39, 0.29) is 17.9 Å². The topological polar surface area (TPSA) is 36.4 Å². The third kappa shape index (κ3) is 3.69. The summed E-state index contributed by atoms with van der Waals surface area (Å²) in [5.74, 6) is 0.993. The Bertz CT molecular complexity index is 824. The Kier molecular flexibility index (Phi) is 4.82. The van der Waals surface area contributed by atoms with Gasteiger partial charge in [0.2, 0.25) is 0 Å². The first-order chi connectivity index (χ1) is 12.8. The van der Waals surface area contributed by atoms with Gasteiger partial charge < -0.3 is 10.6 Å². The fourth-order valence-corrected chi connectivity index (χ4v) is 3.54. The summed E-state index contributed by atoms with van der Waals surface area (Å²) < 4.78 is 13.1. The number of rotatable bonds is 4. The molecule has 0 amide bonds. The van der Waals surface area contributed by atoms with Crippen LogP contribution in [0.5, 0.6) is 0 Å². The van der Waals surface area contributed by atoms with Gasteiger partial charge in [0.1, 0.15) is 5.82 Å². The molecule has 2 aromatic carbocycles. The highest BCUT2D eigenvalue weighted by Gasteiger charge is 2.35. The molecule has 1 aliphatic heterocycles. The van der Waals surface area contributed by atoms with Crippen molar-refractivity contribution >= 4 is 5.96 Å². The van der Waals surface area contributed by atoms with Crippen LogP contribution in [0.4, 0.5) is 4.39 Å². The van der Waals surface area contributed by atoms with Crippen LogP contribution in [0.3, 0.4) is 0 Å². The highest BCUT2D eigenvalue weighted by atomic mass is 19.1. The van der Waals surface area contributed by atoms with E-state index in [1.807, 2.05) is 6.07 Å². The van der Waals surface area contributed by atoms with E-state index in [0.29, 0.717) is 12.5 Å². The maximum Gasteiger partial charge on any atom is 0.192 e. The molecule has 4 rings (SSSR count). The Hall–Kier alpha value is -2.88. The van der Waals surface area contributed by atoms with E-state index >= 15 is 0 Å². The molecule has 0 saturated carbocycles. The van der Waals surface area contributed by atoms with Gasteiger partial charge in [-0.05, 0) is 29.7 Å². The average molecular weight is 347 g/mol. The lowest BCUT2D eigenvalue weighted by molar-refractivity contribution is 0.418. The lowest BCUT2D eigenvalue weighted by atomic mass is 9.86. The van der Waals surface area contributed by atoms with Crippen molar-refractivity contribution in [3.8, 4) is 0 Å². The first kappa shape index (κ1) is 16.6. The Morgan fingerprint density at radius 1 is 0.962 bits per heavy atom. The Balaban J connectivity index is 1.54. The molecule has 1 heterocycles. The van der Waals surface area contributed by atoms with Crippen LogP contribution in [0.2, 0.25) is 0 Å². The van der Waals surface area contributed by atoms with Crippen LogP contribution in [0.1, 0.15) is 23.6 Å². The van der Waals surface area contributed by atoms with Crippen molar-refractivity contribution in [3.63, 3.8) is 0 Å². The monoisotopic (exact) mass is 347 g/mol. The number of guanidine groups is 1. The zero-order chi connectivity index (χ0) is 17.8. The van der Waals surface area contributed by atoms with Crippen LogP contribution in [0.15, 0.2) is 83.9 Å². The summed E-state index contributed by atoms with van der Waals surface area (Å²) in [7, 11) is 0. The van der Waals surface area contributed by atoms with Gasteiger partial charge in [-0.25, -0.2) is 9.38 Å². The van der Waals surface area contributed by atoms with Crippen molar-refractivity contribution in [1.29, 1.82) is 0 Å². The molecule has 4 heteroatoms. The number of nitrogens with one attached hydrogen (secondary N) is 2. The van der Waals surface area contributed by atoms with E-state index in [1.165, 1.54) is 17.7 Å². The SMILES string of the molecule is Fc1ccc(CN=C2N[C@H](c3ccccc3)[C@H](C3C=CC=CC3)N2)cc1. The number of nitrogens with zero attached hydrogens (tertiary/aromatic N) is 1. The lowest BCUT2D eigenvalue weighted by Gasteiger charge is -2.26. The lowest BCUT2D eigenvalue weighted by Crippen LogP contribution is -2.35. The van der Waals surface area contributed by atoms with Gasteiger partial charge in [0.25, 0.3) is 0 Å². The van der Waals surface area contributed by atoms with Crippen molar-refractivity contribution < 1.29 is 4.39 Å². The molecule has 0 bridgehead atoms. The Morgan fingerprint density at radius 3 is 2.50 bits per heavy atom. The molecule has 2 aliphatic rings. The van der Waals surface area contributed by atoms with E-state index in [4.69, 9.17) is 0 Å². The van der Waals surface area contributed by atoms with E-state index in [1.54, 1.807) is 12.1 Å². The molecule has 1 fully saturated rings. The molecular formula is C22H22FN3. The Labute approximate surface area is 153 Å². The van der Waals surface area contributed by atoms with Crippen molar-refractivity contribution in [1.82, 2.24) is 10.6 Å². The van der Waals surface area contributed by atoms with E-state index in [9.17, 15) is 4.39 Å². The second-order valence-corrected chi connectivity index (χ2v) is 6.71. The average Bonchev–Trinajstić information content (AvgIpc) is 3.13. The molecule has 1 aliphatic carbocycles. The Morgan fingerprint density at radius 2 is 1.77 bits per heavy atom. The summed E-state index contributed by atoms with van der Waals surface area (Å²) in [5.41, 5.74) is 2.24. The molecule has 3 nitrogen and oxygen atoms in total. The molecule has 1 saturated heterocycles. The molecule has 132 valence electrons. The molecule has 26 heavy (non-hydrogen) atoms. The van der Waals surface area contributed by atoms with Gasteiger partial charge in [-0.15, -0.1) is 0 Å². The van der Waals surface area contributed by atoms with Crippen LogP contribution in [-0.2, 0) is 6.54 Å². The number of aliphatic imine (C=N–C) groups is 1. The molecule has 3 atom stereocenters. The largest absolute Gasteiger partial charge is 0.351 e. The van der Waals surface area contributed by atoms with Crippen LogP contribution < -0.4 is 10.6 Å². The third-order valence-electron chi connectivity index (χ3n) is 4.92. The van der Waals surface area contributed by atoms with Crippen LogP contribution in [0, 0.1) is 11.7 Å². The molecule has 2 N–H and O–H groups in total. The minimum absolute atomic E-state index is 0.171. The maximum absolute atomic E-state index is 13.1. The predicted octanol–water partition coefficient (Wildman–Crippen LogP) is 4.12. The summed E-state index contributed by atoms with van der Waals surface area (Å²) in [6.07, 6.45) is 9.70. The predicted molar refractivity (Wildman–Crippen MR) is 103 cm³/mol. The normalized spacial score (nSPS) is 25.9. The van der Waals surface area contributed by atoms with Gasteiger partial charge in [0, 0.05) is 5.92 Å². The minimum Gasteiger partial charge on any atom is -0.351 e. The maximum atomic E-state index is 13.1. The minimum atomic E-state index is -0.222. The molecule has 1 unspecified atom stereocenters. The number of hydrogen-bond acceptors (Lipinski definition) is 1. The summed E-state index contributed by atoms with van der Waals surface area (Å²) in [5, 5.41) is 7.11. The van der Waals surface area contributed by atoms with Gasteiger partial charge in [-0.3, -0.25) is 0 Å². The smallest absolute Gasteiger partial charge is 0.192 e. The van der Waals surface area contributed by atoms with Crippen LogP contribution in [-0.4, -0.2) is 12.0 Å². The van der Waals surface area contributed by atoms with Crippen molar-refractivity contribution in [2.45, 2.75) is 25.0 Å². The summed E-state index contributed by atoms with van der Waals surface area (Å²) in [6, 6.07) is 17.4. The van der Waals surface area contributed by atoms with Crippen LogP contribution >= 0.6 is 0 Å². The van der Waals surface area contributed by atoms with Gasteiger partial charge in [-0.2, -0.15) is 0 Å². The fourth-order valence-electron chi connectivity index (χ4n) is 3.54. The zero-order valence-corrected chi connectivity index (χ0v) is 14.5. The quantitative estimate of drug-likeness (QED) is 0.873. The third-order valence-corrected chi connectivity index (χ3v) is 4.92. The fraction of sp³-hybridized carbons (Fsp3) is 0.227. The first-order valence-corrected chi connectivity index (χ1v) is 9.00. The number of allylic oxidation sites excluding steroid dienone is 3. The van der Waals surface area contributed by atoms with Crippen molar-refractivity contribution in [2.24, 2.45) is 10.9 Å². The van der Waals surface area contributed by atoms with Crippen molar-refractivity contribution in [2.75, 3.05) is 0 Å². The van der Waals surface area contributed by atoms with E-state index in [2.05, 4.69) is 64.2 Å². The number of hydrogen-bond donors (Lipinski definition) is 2. The summed E-state index contributed by atoms with van der Waals surface area (Å²) >= 11 is 0. The van der Waals surface area contributed by atoms with E-state index < -0.39 is 0 Å². The highest BCUT2D eigenvalue weighted by Crippen LogP contribution is 2.30. The van der Waals surface area contributed by atoms with Crippen molar-refractivity contribution in [3.05, 3.63) is 95.8 Å². The van der Waals surface area contributed by atoms with E-state index in [0.717, 1.165) is 17.9 Å². The summed E-state index contributed by atoms with van der Waals surface area (Å²) in [6.45, 7) is 0.518. The second-order valence-electron chi connectivity index (χ2n) is 6.71. The number of halogens is 1. The zero-order valence-electron chi connectivity index (χ0n) is 14.5. The highest BCUT2D eigenvalue weighted by molar-refractivity contribution is 5.83. The second kappa shape index (κ2) is 7.56. The van der Waals surface area contributed by atoms with Gasteiger partial charge >= 0.3 is 0 Å². The van der Waals surface area contributed by atoms with Gasteiger partial charge in [0.05, 0.1) is 18.6 Å². The first-order valence-electron chi connectivity index (χ1n) is 9.00. The molecule has 0 radical (unpaired) electrons. The van der Waals surface area contributed by atoms with Gasteiger partial charge in [0.15, 0.2) is 5.96 Å². The molecule has 0 aromatic heterocycles. The molecular weight excluding hydrogens is 325 g/mol. The number of benzene rings is 2. The van der Waals surface area contributed by atoms with Crippen LogP contribution in [0.25, 0.3) is 0 Å². The summed E-state index contributed by atoms with van der Waals surface area (Å²) in [4.78, 5) is 4.67. The molecule has 2 aromatic rings. The standard InChI is InChI=1S/C22H22FN3/c23-19-13-11-16(12-14-19)15-24-22-25-20(17-7-3-1-4-8-17)21(26-22)18-9-5-2-6-10-18/h1-9,11-14,18,20-21H,10,15H2,(H2,24,25,26)/t18?,20-,21+/m1/s1. The molecule has 0 spiro atoms.